The van der Waals surface area contributed by atoms with Gasteiger partial charge in [0.1, 0.15) is 17.6 Å². The first-order chi connectivity index (χ1) is 39.5. The van der Waals surface area contributed by atoms with Crippen molar-refractivity contribution in [3.8, 4) is 0 Å². The van der Waals surface area contributed by atoms with Gasteiger partial charge in [0.05, 0.1) is 31.0 Å². The number of hydrogen-bond donors (Lipinski definition) is 1. The molecule has 0 aliphatic carbocycles. The maximum absolute atomic E-state index is 13.9. The Hall–Kier alpha value is -7.57. The number of rotatable bonds is 17. The van der Waals surface area contributed by atoms with Gasteiger partial charge in [0, 0.05) is 85.7 Å². The molecular formula is C66H73IN8O6. The van der Waals surface area contributed by atoms with Gasteiger partial charge in [0.25, 0.3) is 17.0 Å². The van der Waals surface area contributed by atoms with E-state index in [2.05, 4.69) is 75.7 Å². The summed E-state index contributed by atoms with van der Waals surface area (Å²) >= 11 is 1.96. The smallest absolute Gasteiger partial charge is 0.325 e. The maximum atomic E-state index is 13.9. The molecule has 2 amide bonds. The summed E-state index contributed by atoms with van der Waals surface area (Å²) in [4.78, 5) is 68.6. The fourth-order valence-electron chi connectivity index (χ4n) is 12.0. The molecule has 15 heteroatoms. The van der Waals surface area contributed by atoms with Crippen LogP contribution in [-0.4, -0.2) is 126 Å². The monoisotopic (exact) mass is 1200 g/mol. The molecule has 6 aromatic rings. The molecule has 4 heterocycles. The number of nitrogens with one attached hydrogen (secondary N) is 1. The minimum absolute atomic E-state index is 0.00636. The zero-order valence-corrected chi connectivity index (χ0v) is 48.7. The van der Waals surface area contributed by atoms with E-state index < -0.39 is 22.2 Å². The number of hydrogen-bond acceptors (Lipinski definition) is 10. The zero-order valence-electron chi connectivity index (χ0n) is 46.5. The number of benzene rings is 6. The number of esters is 2. The highest BCUT2D eigenvalue weighted by molar-refractivity contribution is 14.1. The van der Waals surface area contributed by atoms with Crippen molar-refractivity contribution in [2.45, 2.75) is 74.5 Å². The normalized spacial score (nSPS) is 16.7. The number of halogens is 1. The summed E-state index contributed by atoms with van der Waals surface area (Å²) in [5.74, 6) is -0.382. The summed E-state index contributed by atoms with van der Waals surface area (Å²) in [7, 11) is 0. The van der Waals surface area contributed by atoms with Crippen molar-refractivity contribution < 1.29 is 28.7 Å². The van der Waals surface area contributed by atoms with E-state index >= 15 is 0 Å². The predicted octanol–water partition coefficient (Wildman–Crippen LogP) is 10.6. The number of amides is 2. The molecule has 1 N–H and O–H groups in total. The van der Waals surface area contributed by atoms with Gasteiger partial charge < -0.3 is 39.3 Å². The number of carbonyl (C=O) groups excluding carboxylic acids is 4. The molecule has 0 aromatic heterocycles. The first-order valence-electron chi connectivity index (χ1n) is 28.1. The highest BCUT2D eigenvalue weighted by Gasteiger charge is 2.55. The van der Waals surface area contributed by atoms with Crippen molar-refractivity contribution in [1.29, 1.82) is 0 Å². The average Bonchev–Trinajstić information content (AvgIpc) is 3.86. The largest absolute Gasteiger partial charge is 0.465 e. The van der Waals surface area contributed by atoms with Gasteiger partial charge in [-0.1, -0.05) is 180 Å². The van der Waals surface area contributed by atoms with E-state index in [1.165, 1.54) is 0 Å². The number of nitrogens with zero attached hydrogens (tertiary/aromatic N) is 7. The second-order valence-electron chi connectivity index (χ2n) is 20.7. The summed E-state index contributed by atoms with van der Waals surface area (Å²) in [6.45, 7) is 26.5. The lowest BCUT2D eigenvalue weighted by atomic mass is 9.80. The van der Waals surface area contributed by atoms with Crippen molar-refractivity contribution >= 4 is 57.7 Å². The van der Waals surface area contributed by atoms with E-state index in [9.17, 15) is 19.2 Å². The molecule has 4 fully saturated rings. The molecule has 10 rings (SSSR count). The van der Waals surface area contributed by atoms with Crippen LogP contribution in [0.1, 0.15) is 74.6 Å². The first-order valence-corrected chi connectivity index (χ1v) is 29.6. The van der Waals surface area contributed by atoms with E-state index in [1.807, 2.05) is 168 Å². The van der Waals surface area contributed by atoms with Crippen molar-refractivity contribution in [2.75, 3.05) is 86.6 Å². The molecule has 420 valence electrons. The lowest BCUT2D eigenvalue weighted by molar-refractivity contribution is -0.148. The molecule has 4 aliphatic heterocycles. The van der Waals surface area contributed by atoms with Crippen LogP contribution >= 0.6 is 22.6 Å². The minimum Gasteiger partial charge on any atom is -0.465 e. The van der Waals surface area contributed by atoms with Crippen LogP contribution in [0.25, 0.3) is 9.69 Å². The molecular weight excluding hydrogens is 1130 g/mol. The topological polar surface area (TPSA) is 124 Å². The summed E-state index contributed by atoms with van der Waals surface area (Å²) in [6, 6.07) is 60.6. The highest BCUT2D eigenvalue weighted by atomic mass is 127. The predicted molar refractivity (Wildman–Crippen MR) is 326 cm³/mol. The number of para-hydroxylation sites is 2. The van der Waals surface area contributed by atoms with Crippen LogP contribution in [0.2, 0.25) is 0 Å². The number of carbonyl (C=O) groups is 4. The lowest BCUT2D eigenvalue weighted by Gasteiger charge is -2.43. The van der Waals surface area contributed by atoms with Crippen LogP contribution in [0, 0.1) is 13.1 Å². The van der Waals surface area contributed by atoms with Crippen LogP contribution in [0.5, 0.6) is 0 Å². The van der Waals surface area contributed by atoms with E-state index in [1.54, 1.807) is 18.7 Å². The van der Waals surface area contributed by atoms with Gasteiger partial charge in [-0.25, -0.2) is 13.1 Å². The molecule has 81 heavy (non-hydrogen) atoms. The molecule has 0 radical (unpaired) electrons. The molecule has 0 saturated carbocycles. The molecule has 6 aromatic carbocycles. The zero-order chi connectivity index (χ0) is 57.1. The van der Waals surface area contributed by atoms with Crippen LogP contribution in [0.15, 0.2) is 182 Å². The van der Waals surface area contributed by atoms with Gasteiger partial charge in [0.2, 0.25) is 5.91 Å². The number of ether oxygens (including phenoxy) is 2. The lowest BCUT2D eigenvalue weighted by Crippen LogP contribution is -2.57. The van der Waals surface area contributed by atoms with Crippen molar-refractivity contribution in [1.82, 2.24) is 20.0 Å². The molecule has 0 atom stereocenters. The quantitative estimate of drug-likeness (QED) is 0.0409. The SMILES string of the molecule is CCOC(=O)CI.[C-]#[N+]C(CCN1CCC2(CC1)C(=O)N(CC(=O)OCC)CN2c1ccccc1)(c1ccccc1)c1ccccc1.[C-]#[N+]C(CCN1CCC2(CC1)C(=O)NCN2c1ccccc1)(c1ccccc1)c1ccccc1. The summed E-state index contributed by atoms with van der Waals surface area (Å²) < 4.78 is 10.1. The Morgan fingerprint density at radius 1 is 0.543 bits per heavy atom. The summed E-state index contributed by atoms with van der Waals surface area (Å²) in [5.41, 5.74) is 3.50. The second kappa shape index (κ2) is 28.2. The Bertz CT molecular complexity index is 2980. The second-order valence-corrected chi connectivity index (χ2v) is 21.5. The number of alkyl halides is 1. The van der Waals surface area contributed by atoms with Gasteiger partial charge in [-0.05, 0) is 63.8 Å². The van der Waals surface area contributed by atoms with Gasteiger partial charge in [-0.3, -0.25) is 28.9 Å². The molecule has 4 aliphatic rings. The van der Waals surface area contributed by atoms with Crippen molar-refractivity contribution in [2.24, 2.45) is 0 Å². The van der Waals surface area contributed by atoms with Crippen LogP contribution in [0.3, 0.4) is 0 Å². The minimum atomic E-state index is -0.770. The first kappa shape index (κ1) is 59.5. The summed E-state index contributed by atoms with van der Waals surface area (Å²) in [6.07, 6.45) is 4.25. The van der Waals surface area contributed by atoms with Gasteiger partial charge in [-0.15, -0.1) is 0 Å². The average molecular weight is 1200 g/mol. The third-order valence-corrected chi connectivity index (χ3v) is 17.0. The third kappa shape index (κ3) is 13.5. The molecule has 0 bridgehead atoms. The Morgan fingerprint density at radius 2 is 0.901 bits per heavy atom. The Balaban J connectivity index is 0.000000192. The Kier molecular flexibility index (Phi) is 20.7. The fourth-order valence-corrected chi connectivity index (χ4v) is 12.2. The van der Waals surface area contributed by atoms with E-state index in [0.29, 0.717) is 56.7 Å². The van der Waals surface area contributed by atoms with Crippen LogP contribution in [-0.2, 0) is 39.7 Å². The van der Waals surface area contributed by atoms with Gasteiger partial charge in [0.15, 0.2) is 0 Å². The summed E-state index contributed by atoms with van der Waals surface area (Å²) in [5, 5.41) is 3.08. The van der Waals surface area contributed by atoms with Gasteiger partial charge >= 0.3 is 11.9 Å². The number of likely N-dealkylation sites (tertiary alicyclic amines) is 2. The maximum Gasteiger partial charge on any atom is 0.325 e. The Labute approximate surface area is 491 Å². The number of piperidine rings is 2. The van der Waals surface area contributed by atoms with Crippen molar-refractivity contribution in [3.63, 3.8) is 0 Å². The number of anilines is 2. The Morgan fingerprint density at radius 3 is 1.26 bits per heavy atom. The fraction of sp³-hybridized carbons (Fsp3) is 0.364. The van der Waals surface area contributed by atoms with Crippen LogP contribution < -0.4 is 15.1 Å². The van der Waals surface area contributed by atoms with Gasteiger partial charge in [-0.2, -0.15) is 0 Å². The molecule has 4 saturated heterocycles. The molecule has 2 spiro atoms. The molecule has 14 nitrogen and oxygen atoms in total. The molecule has 0 unspecified atom stereocenters. The van der Waals surface area contributed by atoms with Crippen molar-refractivity contribution in [3.05, 3.63) is 227 Å². The van der Waals surface area contributed by atoms with E-state index in [0.717, 1.165) is 85.7 Å². The highest BCUT2D eigenvalue weighted by Crippen LogP contribution is 2.43. The third-order valence-electron chi connectivity index (χ3n) is 16.4. The van der Waals surface area contributed by atoms with E-state index in [-0.39, 0.29) is 30.3 Å². The van der Waals surface area contributed by atoms with E-state index in [4.69, 9.17) is 17.9 Å². The standard InChI is InChI=1S/C33H36N4O3.C29H30N4O.C4H7IO2/c1-3-40-30(38)25-36-26-37(29-17-11-6-12-18-29)32(31(36)39)19-22-35(23-20-32)24-21-33(34-2,27-13-7-4-8-14-27)28-15-9-5-10-16-28;1-30-29(24-11-5-2-6-12-24,25-13-7-3-8-14-25)19-22-32-20-17-28(18-21-32)27(34)31-23-33(28)26-15-9-4-10-16-26;1-2-7-4(6)3-5/h4-18H,3,19-26H2,1H3;2-16H,17-23H2,(H,31,34);2-3H2,1H3. The van der Waals surface area contributed by atoms with Crippen LogP contribution in [0.4, 0.5) is 11.4 Å².